The first-order chi connectivity index (χ1) is 9.96. The number of hydrogen-bond donors (Lipinski definition) is 0. The first kappa shape index (κ1) is 15.4. The van der Waals surface area contributed by atoms with E-state index in [1.807, 2.05) is 13.8 Å². The summed E-state index contributed by atoms with van der Waals surface area (Å²) in [5, 5.41) is 4.36. The summed E-state index contributed by atoms with van der Waals surface area (Å²) in [6.07, 6.45) is 0. The maximum absolute atomic E-state index is 12.5. The Morgan fingerprint density at radius 1 is 1.10 bits per heavy atom. The van der Waals surface area contributed by atoms with Crippen LogP contribution in [-0.2, 0) is 0 Å². The Morgan fingerprint density at radius 2 is 1.67 bits per heavy atom. The van der Waals surface area contributed by atoms with Gasteiger partial charge in [0.1, 0.15) is 11.5 Å². The highest BCUT2D eigenvalue weighted by Gasteiger charge is 2.13. The summed E-state index contributed by atoms with van der Waals surface area (Å²) in [4.78, 5) is 12.5. The zero-order valence-corrected chi connectivity index (χ0v) is 13.1. The van der Waals surface area contributed by atoms with Gasteiger partial charge in [0.2, 0.25) is 0 Å². The minimum Gasteiger partial charge on any atom is -0.497 e. The average Bonchev–Trinajstić information content (AvgIpc) is 2.48. The third-order valence-corrected chi connectivity index (χ3v) is 3.30. The van der Waals surface area contributed by atoms with Crippen molar-refractivity contribution < 1.29 is 9.47 Å². The molecule has 2 aromatic rings. The molecular formula is C15H17ClN2O3. The highest BCUT2D eigenvalue weighted by molar-refractivity contribution is 6.29. The van der Waals surface area contributed by atoms with Crippen molar-refractivity contribution in [2.75, 3.05) is 14.2 Å². The van der Waals surface area contributed by atoms with Gasteiger partial charge in [-0.3, -0.25) is 4.79 Å². The van der Waals surface area contributed by atoms with Crippen molar-refractivity contribution in [1.82, 2.24) is 9.78 Å². The van der Waals surface area contributed by atoms with E-state index in [0.29, 0.717) is 22.7 Å². The Kier molecular flexibility index (Phi) is 4.53. The summed E-state index contributed by atoms with van der Waals surface area (Å²) in [5.74, 6) is 1.20. The quantitative estimate of drug-likeness (QED) is 0.871. The van der Waals surface area contributed by atoms with Gasteiger partial charge in [-0.25, -0.2) is 0 Å². The van der Waals surface area contributed by atoms with Crippen LogP contribution in [0.3, 0.4) is 0 Å². The van der Waals surface area contributed by atoms with E-state index in [2.05, 4.69) is 5.10 Å². The van der Waals surface area contributed by atoms with Crippen LogP contribution in [0.15, 0.2) is 29.1 Å². The first-order valence-corrected chi connectivity index (χ1v) is 6.87. The molecule has 6 heteroatoms. The minimum atomic E-state index is -0.204. The fraction of sp³-hybridized carbons (Fsp3) is 0.333. The molecule has 0 spiro atoms. The molecule has 0 aliphatic carbocycles. The van der Waals surface area contributed by atoms with Crippen molar-refractivity contribution in [3.63, 3.8) is 0 Å². The van der Waals surface area contributed by atoms with Gasteiger partial charge in [-0.1, -0.05) is 25.4 Å². The molecule has 0 fully saturated rings. The van der Waals surface area contributed by atoms with Crippen LogP contribution in [0.25, 0.3) is 5.69 Å². The van der Waals surface area contributed by atoms with E-state index >= 15 is 0 Å². The van der Waals surface area contributed by atoms with E-state index in [9.17, 15) is 4.79 Å². The number of hydrogen-bond acceptors (Lipinski definition) is 4. The molecule has 0 aliphatic heterocycles. The summed E-state index contributed by atoms with van der Waals surface area (Å²) in [7, 11) is 3.10. The molecule has 1 aromatic carbocycles. The van der Waals surface area contributed by atoms with E-state index in [4.69, 9.17) is 21.1 Å². The van der Waals surface area contributed by atoms with Crippen LogP contribution in [0.4, 0.5) is 0 Å². The predicted molar refractivity (Wildman–Crippen MR) is 82.0 cm³/mol. The molecule has 1 heterocycles. The van der Waals surface area contributed by atoms with E-state index in [-0.39, 0.29) is 16.6 Å². The smallest absolute Gasteiger partial charge is 0.275 e. The van der Waals surface area contributed by atoms with Gasteiger partial charge in [0, 0.05) is 23.8 Å². The van der Waals surface area contributed by atoms with Crippen molar-refractivity contribution in [3.05, 3.63) is 45.3 Å². The Balaban J connectivity index is 2.69. The number of rotatable bonds is 4. The number of aromatic nitrogens is 2. The van der Waals surface area contributed by atoms with Crippen LogP contribution in [0, 0.1) is 0 Å². The van der Waals surface area contributed by atoms with Gasteiger partial charge in [0.25, 0.3) is 5.56 Å². The van der Waals surface area contributed by atoms with E-state index < -0.39 is 0 Å². The van der Waals surface area contributed by atoms with Gasteiger partial charge in [-0.15, -0.1) is 0 Å². The van der Waals surface area contributed by atoms with Gasteiger partial charge in [0.15, 0.2) is 5.15 Å². The zero-order valence-electron chi connectivity index (χ0n) is 12.4. The van der Waals surface area contributed by atoms with E-state index in [1.165, 1.54) is 4.68 Å². The van der Waals surface area contributed by atoms with Crippen molar-refractivity contribution in [3.8, 4) is 17.2 Å². The summed E-state index contributed by atoms with van der Waals surface area (Å²) in [5.41, 5.74) is 0.946. The highest BCUT2D eigenvalue weighted by atomic mass is 35.5. The fourth-order valence-electron chi connectivity index (χ4n) is 1.99. The average molecular weight is 309 g/mol. The van der Waals surface area contributed by atoms with Gasteiger partial charge in [0.05, 0.1) is 19.9 Å². The Bertz CT molecular complexity index is 688. The molecule has 0 bridgehead atoms. The SMILES string of the molecule is COc1cc(OC)cc(-n2nc(Cl)cc(C(C)C)c2=O)c1. The maximum atomic E-state index is 12.5. The van der Waals surface area contributed by atoms with Crippen LogP contribution in [0.1, 0.15) is 25.3 Å². The van der Waals surface area contributed by atoms with Crippen LogP contribution >= 0.6 is 11.6 Å². The van der Waals surface area contributed by atoms with E-state index in [1.54, 1.807) is 38.5 Å². The normalized spacial score (nSPS) is 10.8. The summed E-state index contributed by atoms with van der Waals surface area (Å²) < 4.78 is 11.7. The number of nitrogens with zero attached hydrogens (tertiary/aromatic N) is 2. The monoisotopic (exact) mass is 308 g/mol. The Hall–Kier alpha value is -2.01. The second kappa shape index (κ2) is 6.18. The van der Waals surface area contributed by atoms with Crippen LogP contribution < -0.4 is 15.0 Å². The van der Waals surface area contributed by atoms with Crippen LogP contribution in [-0.4, -0.2) is 24.0 Å². The molecule has 0 saturated heterocycles. The van der Waals surface area contributed by atoms with Gasteiger partial charge >= 0.3 is 0 Å². The molecule has 0 amide bonds. The van der Waals surface area contributed by atoms with Gasteiger partial charge in [-0.05, 0) is 12.0 Å². The molecule has 1 aromatic heterocycles. The molecule has 5 nitrogen and oxygen atoms in total. The lowest BCUT2D eigenvalue weighted by Crippen LogP contribution is -2.25. The number of halogens is 1. The minimum absolute atomic E-state index is 0.0525. The lowest BCUT2D eigenvalue weighted by Gasteiger charge is -2.12. The lowest BCUT2D eigenvalue weighted by atomic mass is 10.1. The summed E-state index contributed by atoms with van der Waals surface area (Å²) in [6, 6.07) is 6.74. The standard InChI is InChI=1S/C15H17ClN2O3/c1-9(2)13-8-14(16)17-18(15(13)19)10-5-11(20-3)7-12(6-10)21-4/h5-9H,1-4H3. The molecule has 21 heavy (non-hydrogen) atoms. The molecule has 2 rings (SSSR count). The third kappa shape index (κ3) is 3.19. The summed E-state index contributed by atoms with van der Waals surface area (Å²) in [6.45, 7) is 3.87. The molecular weight excluding hydrogens is 292 g/mol. The van der Waals surface area contributed by atoms with Gasteiger partial charge < -0.3 is 9.47 Å². The van der Waals surface area contributed by atoms with E-state index in [0.717, 1.165) is 0 Å². The maximum Gasteiger partial charge on any atom is 0.275 e. The lowest BCUT2D eigenvalue weighted by molar-refractivity contribution is 0.393. The molecule has 0 aliphatic rings. The first-order valence-electron chi connectivity index (χ1n) is 6.49. The Morgan fingerprint density at radius 3 is 2.14 bits per heavy atom. The zero-order chi connectivity index (χ0) is 15.6. The third-order valence-electron chi connectivity index (χ3n) is 3.11. The van der Waals surface area contributed by atoms with Crippen molar-refractivity contribution in [2.24, 2.45) is 0 Å². The summed E-state index contributed by atoms with van der Waals surface area (Å²) >= 11 is 6.03. The number of benzene rings is 1. The number of ether oxygens (including phenoxy) is 2. The molecule has 0 atom stereocenters. The fourth-order valence-corrected chi connectivity index (χ4v) is 2.18. The van der Waals surface area contributed by atoms with Crippen LogP contribution in [0.2, 0.25) is 5.15 Å². The predicted octanol–water partition coefficient (Wildman–Crippen LogP) is 3.03. The molecule has 0 N–H and O–H groups in total. The second-order valence-electron chi connectivity index (χ2n) is 4.86. The largest absolute Gasteiger partial charge is 0.497 e. The molecule has 0 saturated carbocycles. The van der Waals surface area contributed by atoms with Crippen molar-refractivity contribution in [1.29, 1.82) is 0 Å². The topological polar surface area (TPSA) is 53.4 Å². The molecule has 112 valence electrons. The number of methoxy groups -OCH3 is 2. The van der Waals surface area contributed by atoms with Crippen LogP contribution in [0.5, 0.6) is 11.5 Å². The molecule has 0 radical (unpaired) electrons. The van der Waals surface area contributed by atoms with Gasteiger partial charge in [-0.2, -0.15) is 9.78 Å². The van der Waals surface area contributed by atoms with Crippen molar-refractivity contribution in [2.45, 2.75) is 19.8 Å². The van der Waals surface area contributed by atoms with Crippen molar-refractivity contribution >= 4 is 11.6 Å². The highest BCUT2D eigenvalue weighted by Crippen LogP contribution is 2.24. The second-order valence-corrected chi connectivity index (χ2v) is 5.25. The Labute approximate surface area is 128 Å². The molecule has 0 unspecified atom stereocenters.